The van der Waals surface area contributed by atoms with Crippen LogP contribution in [0.4, 0.5) is 0 Å². The van der Waals surface area contributed by atoms with Crippen LogP contribution < -0.4 is 15.5 Å². The summed E-state index contributed by atoms with van der Waals surface area (Å²) in [7, 11) is 1.46. The van der Waals surface area contributed by atoms with Gasteiger partial charge in [0, 0.05) is 18.3 Å². The first-order valence-electron chi connectivity index (χ1n) is 9.44. The zero-order valence-electron chi connectivity index (χ0n) is 15.8. The monoisotopic (exact) mass is 373 g/mol. The Balaban J connectivity index is 1.72. The molecule has 0 spiro atoms. The molecule has 7 nitrogen and oxygen atoms in total. The third kappa shape index (κ3) is 5.47. The van der Waals surface area contributed by atoms with E-state index in [1.54, 1.807) is 24.6 Å². The van der Waals surface area contributed by atoms with Crippen LogP contribution in [0.5, 0.6) is 5.75 Å². The number of carbonyl (C=O) groups excluding carboxylic acids is 1. The first-order valence-corrected chi connectivity index (χ1v) is 9.44. The summed E-state index contributed by atoms with van der Waals surface area (Å²) in [6.45, 7) is 3.16. The normalized spacial score (nSPS) is 15.3. The van der Waals surface area contributed by atoms with Crippen LogP contribution >= 0.6 is 0 Å². The molecular weight excluding hydrogens is 346 g/mol. The highest BCUT2D eigenvalue weighted by Gasteiger charge is 2.15. The Morgan fingerprint density at radius 3 is 2.70 bits per heavy atom. The van der Waals surface area contributed by atoms with Gasteiger partial charge in [-0.2, -0.15) is 0 Å². The largest absolute Gasteiger partial charge is 0.491 e. The maximum atomic E-state index is 12.4. The van der Waals surface area contributed by atoms with Crippen LogP contribution in [0.3, 0.4) is 0 Å². The second-order valence-corrected chi connectivity index (χ2v) is 6.87. The quantitative estimate of drug-likeness (QED) is 0.805. The molecule has 2 aromatic rings. The molecule has 0 aliphatic carbocycles. The molecule has 0 aromatic carbocycles. The van der Waals surface area contributed by atoms with Gasteiger partial charge in [-0.25, -0.2) is 0 Å². The fourth-order valence-corrected chi connectivity index (χ4v) is 3.36. The van der Waals surface area contributed by atoms with Crippen molar-refractivity contribution in [2.75, 3.05) is 20.2 Å². The lowest BCUT2D eigenvalue weighted by Crippen LogP contribution is -2.31. The maximum absolute atomic E-state index is 12.4. The van der Waals surface area contributed by atoms with Crippen molar-refractivity contribution in [2.24, 2.45) is 0 Å². The zero-order chi connectivity index (χ0) is 19.1. The lowest BCUT2D eigenvalue weighted by atomic mass is 10.2. The molecule has 1 N–H and O–H groups in total. The molecule has 0 saturated carbocycles. The van der Waals surface area contributed by atoms with Crippen molar-refractivity contribution in [2.45, 2.75) is 45.3 Å². The van der Waals surface area contributed by atoms with Gasteiger partial charge in [-0.15, -0.1) is 0 Å². The van der Waals surface area contributed by atoms with Crippen LogP contribution in [0.1, 0.15) is 37.1 Å². The molecule has 3 rings (SSSR count). The van der Waals surface area contributed by atoms with Gasteiger partial charge in [0.1, 0.15) is 12.3 Å². The molecule has 27 heavy (non-hydrogen) atoms. The van der Waals surface area contributed by atoms with E-state index in [-0.39, 0.29) is 23.6 Å². The van der Waals surface area contributed by atoms with Crippen molar-refractivity contribution in [3.8, 4) is 5.75 Å². The van der Waals surface area contributed by atoms with E-state index in [1.165, 1.54) is 32.8 Å². The minimum atomic E-state index is -0.158. The van der Waals surface area contributed by atoms with Crippen LogP contribution in [-0.4, -0.2) is 35.6 Å². The van der Waals surface area contributed by atoms with Crippen molar-refractivity contribution in [3.63, 3.8) is 0 Å². The molecule has 1 amide bonds. The first kappa shape index (κ1) is 19.2. The highest BCUT2D eigenvalue weighted by molar-refractivity contribution is 5.75. The van der Waals surface area contributed by atoms with E-state index in [2.05, 4.69) is 10.2 Å². The number of ether oxygens (including phenoxy) is 1. The van der Waals surface area contributed by atoms with Gasteiger partial charge in [-0.05, 0) is 38.1 Å². The number of rotatable bonds is 7. The number of pyridine rings is 1. The number of likely N-dealkylation sites (tertiary alicyclic amines) is 1. The summed E-state index contributed by atoms with van der Waals surface area (Å²) in [5.74, 6) is 0.799. The number of nitrogens with one attached hydrogen (secondary N) is 1. The topological polar surface area (TPSA) is 76.7 Å². The van der Waals surface area contributed by atoms with Crippen molar-refractivity contribution in [1.29, 1.82) is 0 Å². The van der Waals surface area contributed by atoms with Gasteiger partial charge in [0.15, 0.2) is 5.75 Å². The average molecular weight is 373 g/mol. The predicted molar refractivity (Wildman–Crippen MR) is 102 cm³/mol. The van der Waals surface area contributed by atoms with Gasteiger partial charge in [0.25, 0.3) is 0 Å². The number of carbonyl (C=O) groups is 1. The lowest BCUT2D eigenvalue weighted by molar-refractivity contribution is -0.122. The van der Waals surface area contributed by atoms with Crippen LogP contribution in [0.15, 0.2) is 39.9 Å². The lowest BCUT2D eigenvalue weighted by Gasteiger charge is -2.22. The molecule has 7 heteroatoms. The van der Waals surface area contributed by atoms with Crippen LogP contribution in [0.25, 0.3) is 0 Å². The Bertz CT molecular complexity index is 790. The van der Waals surface area contributed by atoms with Crippen molar-refractivity contribution >= 4 is 5.91 Å². The predicted octanol–water partition coefficient (Wildman–Crippen LogP) is 2.14. The molecule has 0 bridgehead atoms. The summed E-state index contributed by atoms with van der Waals surface area (Å²) in [5.41, 5.74) is 0.672. The van der Waals surface area contributed by atoms with E-state index in [9.17, 15) is 9.59 Å². The van der Waals surface area contributed by atoms with E-state index < -0.39 is 0 Å². The standard InChI is InChI=1S/C20H27N3O4/c1-26-19-14-23(15-20(25)21-12-17-7-6-10-27-17)16(11-18(19)24)13-22-8-4-2-3-5-9-22/h6-7,10-11,14H,2-5,8-9,12-13,15H2,1H3,(H,21,25). The molecule has 1 saturated heterocycles. The summed E-state index contributed by atoms with van der Waals surface area (Å²) < 4.78 is 12.2. The Morgan fingerprint density at radius 1 is 1.26 bits per heavy atom. The van der Waals surface area contributed by atoms with Gasteiger partial charge in [-0.3, -0.25) is 14.5 Å². The number of amides is 1. The summed E-state index contributed by atoms with van der Waals surface area (Å²) >= 11 is 0. The molecule has 1 fully saturated rings. The second-order valence-electron chi connectivity index (χ2n) is 6.87. The van der Waals surface area contributed by atoms with E-state index in [1.807, 2.05) is 10.6 Å². The number of hydrogen-bond donors (Lipinski definition) is 1. The van der Waals surface area contributed by atoms with E-state index in [0.717, 1.165) is 18.8 Å². The number of nitrogens with zero attached hydrogens (tertiary/aromatic N) is 2. The number of hydrogen-bond acceptors (Lipinski definition) is 5. The van der Waals surface area contributed by atoms with Gasteiger partial charge < -0.3 is 19.0 Å². The number of furan rings is 1. The first-order chi connectivity index (χ1) is 13.2. The summed E-state index contributed by atoms with van der Waals surface area (Å²) in [5, 5.41) is 2.84. The Kier molecular flexibility index (Phi) is 6.70. The molecule has 1 aliphatic rings. The molecule has 3 heterocycles. The minimum absolute atomic E-state index is 0.126. The molecular formula is C20H27N3O4. The maximum Gasteiger partial charge on any atom is 0.240 e. The Morgan fingerprint density at radius 2 is 2.04 bits per heavy atom. The molecule has 0 atom stereocenters. The zero-order valence-corrected chi connectivity index (χ0v) is 15.8. The number of methoxy groups -OCH3 is 1. The third-order valence-electron chi connectivity index (χ3n) is 4.84. The molecule has 1 aliphatic heterocycles. The summed E-state index contributed by atoms with van der Waals surface area (Å²) in [4.78, 5) is 27.0. The Labute approximate surface area is 158 Å². The van der Waals surface area contributed by atoms with Gasteiger partial charge in [0.2, 0.25) is 11.3 Å². The average Bonchev–Trinajstić information content (AvgIpc) is 3.05. The smallest absolute Gasteiger partial charge is 0.240 e. The van der Waals surface area contributed by atoms with E-state index in [0.29, 0.717) is 18.8 Å². The molecule has 146 valence electrons. The molecule has 2 aromatic heterocycles. The van der Waals surface area contributed by atoms with Gasteiger partial charge in [0.05, 0.1) is 26.1 Å². The van der Waals surface area contributed by atoms with Gasteiger partial charge in [-0.1, -0.05) is 12.8 Å². The molecule has 0 unspecified atom stereocenters. The van der Waals surface area contributed by atoms with Crippen molar-refractivity contribution in [3.05, 3.63) is 52.3 Å². The Hall–Kier alpha value is -2.54. The minimum Gasteiger partial charge on any atom is -0.491 e. The fraction of sp³-hybridized carbons (Fsp3) is 0.500. The molecule has 0 radical (unpaired) electrons. The third-order valence-corrected chi connectivity index (χ3v) is 4.84. The van der Waals surface area contributed by atoms with Gasteiger partial charge >= 0.3 is 0 Å². The number of aromatic nitrogens is 1. The van der Waals surface area contributed by atoms with E-state index in [4.69, 9.17) is 9.15 Å². The summed E-state index contributed by atoms with van der Waals surface area (Å²) in [6, 6.07) is 5.18. The van der Waals surface area contributed by atoms with E-state index >= 15 is 0 Å². The highest BCUT2D eigenvalue weighted by atomic mass is 16.5. The fourth-order valence-electron chi connectivity index (χ4n) is 3.36. The van der Waals surface area contributed by atoms with Crippen molar-refractivity contribution in [1.82, 2.24) is 14.8 Å². The van der Waals surface area contributed by atoms with Crippen LogP contribution in [0.2, 0.25) is 0 Å². The highest BCUT2D eigenvalue weighted by Crippen LogP contribution is 2.14. The SMILES string of the molecule is COc1cn(CC(=O)NCc2ccco2)c(CN2CCCCCC2)cc1=O. The summed E-state index contributed by atoms with van der Waals surface area (Å²) in [6.07, 6.45) is 8.05. The van der Waals surface area contributed by atoms with Crippen LogP contribution in [0, 0.1) is 0 Å². The second kappa shape index (κ2) is 9.41. The van der Waals surface area contributed by atoms with Crippen LogP contribution in [-0.2, 0) is 24.4 Å². The van der Waals surface area contributed by atoms with Crippen molar-refractivity contribution < 1.29 is 13.9 Å².